The number of hydrogen-bond donors (Lipinski definition) is 0. The minimum atomic E-state index is -0.466. The van der Waals surface area contributed by atoms with Gasteiger partial charge in [0.1, 0.15) is 11.2 Å². The molecule has 0 unspecified atom stereocenters. The molecule has 1 aliphatic rings. The maximum atomic E-state index is 12.7. The SMILES string of the molecule is O=c1c2c3c(sc2ncn1/N=C/c1cccc([N+](=O)[O-])c1)CCC3. The zero-order chi connectivity index (χ0) is 16.7. The van der Waals surface area contributed by atoms with Gasteiger partial charge in [-0.05, 0) is 24.8 Å². The quantitative estimate of drug-likeness (QED) is 0.416. The zero-order valence-corrected chi connectivity index (χ0v) is 13.3. The van der Waals surface area contributed by atoms with Gasteiger partial charge in [-0.15, -0.1) is 11.3 Å². The van der Waals surface area contributed by atoms with Crippen LogP contribution in [0.4, 0.5) is 5.69 Å². The fourth-order valence-corrected chi connectivity index (χ4v) is 4.12. The van der Waals surface area contributed by atoms with Gasteiger partial charge >= 0.3 is 0 Å². The van der Waals surface area contributed by atoms with E-state index in [1.807, 2.05) is 0 Å². The number of fused-ring (bicyclic) bond motifs is 3. The van der Waals surface area contributed by atoms with Crippen molar-refractivity contribution in [2.45, 2.75) is 19.3 Å². The minimum absolute atomic E-state index is 0.0180. The van der Waals surface area contributed by atoms with Gasteiger partial charge < -0.3 is 0 Å². The molecular formula is C16H12N4O3S. The lowest BCUT2D eigenvalue weighted by Crippen LogP contribution is -2.17. The fraction of sp³-hybridized carbons (Fsp3) is 0.188. The summed E-state index contributed by atoms with van der Waals surface area (Å²) in [5, 5.41) is 15.6. The third-order valence-corrected chi connectivity index (χ3v) is 5.22. The smallest absolute Gasteiger partial charge is 0.267 e. The van der Waals surface area contributed by atoms with Gasteiger partial charge in [-0.2, -0.15) is 9.78 Å². The number of nitrogens with zero attached hydrogens (tertiary/aromatic N) is 4. The highest BCUT2D eigenvalue weighted by atomic mass is 32.1. The Morgan fingerprint density at radius 3 is 3.08 bits per heavy atom. The maximum absolute atomic E-state index is 12.7. The molecule has 0 bridgehead atoms. The normalized spacial score (nSPS) is 13.7. The molecule has 8 heteroatoms. The Morgan fingerprint density at radius 2 is 2.25 bits per heavy atom. The van der Waals surface area contributed by atoms with Crippen molar-refractivity contribution >= 4 is 33.5 Å². The van der Waals surface area contributed by atoms with E-state index in [1.54, 1.807) is 23.5 Å². The molecule has 0 amide bonds. The van der Waals surface area contributed by atoms with E-state index in [0.29, 0.717) is 10.9 Å². The highest BCUT2D eigenvalue weighted by molar-refractivity contribution is 7.18. The van der Waals surface area contributed by atoms with Crippen molar-refractivity contribution in [3.63, 3.8) is 0 Å². The first kappa shape index (κ1) is 14.7. The number of nitro benzene ring substituents is 1. The number of thiophene rings is 1. The van der Waals surface area contributed by atoms with Crippen molar-refractivity contribution in [3.05, 3.63) is 67.1 Å². The van der Waals surface area contributed by atoms with Crippen LogP contribution in [0.3, 0.4) is 0 Å². The van der Waals surface area contributed by atoms with Gasteiger partial charge in [-0.3, -0.25) is 14.9 Å². The molecule has 24 heavy (non-hydrogen) atoms. The van der Waals surface area contributed by atoms with Crippen LogP contribution in [0.2, 0.25) is 0 Å². The molecule has 0 saturated heterocycles. The first-order valence-corrected chi connectivity index (χ1v) is 8.26. The van der Waals surface area contributed by atoms with Gasteiger partial charge in [-0.1, -0.05) is 12.1 Å². The number of aromatic nitrogens is 2. The highest BCUT2D eigenvalue weighted by Crippen LogP contribution is 2.34. The lowest BCUT2D eigenvalue weighted by Gasteiger charge is -1.99. The molecule has 3 aromatic rings. The highest BCUT2D eigenvalue weighted by Gasteiger charge is 2.21. The molecule has 2 aromatic heterocycles. The van der Waals surface area contributed by atoms with Crippen molar-refractivity contribution in [2.24, 2.45) is 5.10 Å². The standard InChI is InChI=1S/C16H12N4O3S/c21-16-14-12-5-2-6-13(12)24-15(14)17-9-19(16)18-8-10-3-1-4-11(7-10)20(22)23/h1,3-4,7-9H,2,5-6H2/b18-8+. The molecule has 0 fully saturated rings. The summed E-state index contributed by atoms with van der Waals surface area (Å²) < 4.78 is 1.19. The van der Waals surface area contributed by atoms with Gasteiger partial charge in [0, 0.05) is 22.6 Å². The van der Waals surface area contributed by atoms with E-state index in [9.17, 15) is 14.9 Å². The number of nitro groups is 1. The Hall–Kier alpha value is -2.87. The molecule has 2 heterocycles. The van der Waals surface area contributed by atoms with Gasteiger partial charge in [0.2, 0.25) is 0 Å². The lowest BCUT2D eigenvalue weighted by atomic mass is 10.2. The Morgan fingerprint density at radius 1 is 1.38 bits per heavy atom. The summed E-state index contributed by atoms with van der Waals surface area (Å²) in [6.07, 6.45) is 5.80. The second-order valence-electron chi connectivity index (χ2n) is 5.53. The largest absolute Gasteiger partial charge is 0.282 e. The average Bonchev–Trinajstić information content (AvgIpc) is 3.15. The van der Waals surface area contributed by atoms with Crippen LogP contribution in [0, 0.1) is 10.1 Å². The Bertz CT molecular complexity index is 1050. The molecule has 7 nitrogen and oxygen atoms in total. The van der Waals surface area contributed by atoms with Gasteiger partial charge in [0.15, 0.2) is 0 Å². The van der Waals surface area contributed by atoms with Crippen molar-refractivity contribution in [1.29, 1.82) is 0 Å². The molecule has 120 valence electrons. The van der Waals surface area contributed by atoms with Crippen LogP contribution in [0.25, 0.3) is 10.2 Å². The van der Waals surface area contributed by atoms with Gasteiger partial charge in [0.25, 0.3) is 11.2 Å². The van der Waals surface area contributed by atoms with Crippen molar-refractivity contribution in [2.75, 3.05) is 0 Å². The van der Waals surface area contributed by atoms with Gasteiger partial charge in [-0.25, -0.2) is 4.98 Å². The summed E-state index contributed by atoms with van der Waals surface area (Å²) in [6, 6.07) is 6.08. The van der Waals surface area contributed by atoms with E-state index in [1.165, 1.54) is 34.2 Å². The van der Waals surface area contributed by atoms with Crippen molar-refractivity contribution in [3.8, 4) is 0 Å². The molecule has 1 aromatic carbocycles. The second kappa shape index (κ2) is 5.64. The summed E-state index contributed by atoms with van der Waals surface area (Å²) >= 11 is 1.58. The van der Waals surface area contributed by atoms with E-state index in [2.05, 4.69) is 10.1 Å². The van der Waals surface area contributed by atoms with Gasteiger partial charge in [0.05, 0.1) is 16.5 Å². The molecular weight excluding hydrogens is 328 g/mol. The Kier molecular flexibility index (Phi) is 3.46. The predicted octanol–water partition coefficient (Wildman–Crippen LogP) is 2.74. The van der Waals surface area contributed by atoms with Crippen molar-refractivity contribution < 1.29 is 4.92 Å². The van der Waals surface area contributed by atoms with E-state index in [0.717, 1.165) is 29.7 Å². The fourth-order valence-electron chi connectivity index (χ4n) is 2.91. The topological polar surface area (TPSA) is 90.4 Å². The first-order chi connectivity index (χ1) is 11.6. The molecule has 0 saturated carbocycles. The number of benzene rings is 1. The summed E-state index contributed by atoms with van der Waals surface area (Å²) in [4.78, 5) is 29.3. The number of hydrogen-bond acceptors (Lipinski definition) is 6. The van der Waals surface area contributed by atoms with E-state index in [4.69, 9.17) is 0 Å². The van der Waals surface area contributed by atoms with Crippen LogP contribution >= 0.6 is 11.3 Å². The lowest BCUT2D eigenvalue weighted by molar-refractivity contribution is -0.384. The zero-order valence-electron chi connectivity index (χ0n) is 12.5. The summed E-state index contributed by atoms with van der Waals surface area (Å²) in [6.45, 7) is 0. The van der Waals surface area contributed by atoms with Crippen LogP contribution in [0.5, 0.6) is 0 Å². The van der Waals surface area contributed by atoms with Crippen LogP contribution in [-0.4, -0.2) is 20.8 Å². The Balaban J connectivity index is 1.75. The summed E-state index contributed by atoms with van der Waals surface area (Å²) in [5.41, 5.74) is 1.44. The summed E-state index contributed by atoms with van der Waals surface area (Å²) in [7, 11) is 0. The van der Waals surface area contributed by atoms with Crippen LogP contribution in [-0.2, 0) is 12.8 Å². The second-order valence-corrected chi connectivity index (χ2v) is 6.61. The first-order valence-electron chi connectivity index (χ1n) is 7.44. The third kappa shape index (κ3) is 2.41. The Labute approximate surface area is 140 Å². The molecule has 0 N–H and O–H groups in total. The average molecular weight is 340 g/mol. The predicted molar refractivity (Wildman–Crippen MR) is 92.0 cm³/mol. The molecule has 1 aliphatic carbocycles. The summed E-state index contributed by atoms with van der Waals surface area (Å²) in [5.74, 6) is 0. The third-order valence-electron chi connectivity index (χ3n) is 4.02. The molecule has 0 radical (unpaired) electrons. The molecule has 0 atom stereocenters. The van der Waals surface area contributed by atoms with Crippen molar-refractivity contribution in [1.82, 2.24) is 9.66 Å². The molecule has 0 aliphatic heterocycles. The van der Waals surface area contributed by atoms with Crippen LogP contribution < -0.4 is 5.56 Å². The minimum Gasteiger partial charge on any atom is -0.267 e. The molecule has 0 spiro atoms. The van der Waals surface area contributed by atoms with Crippen LogP contribution in [0.15, 0.2) is 40.5 Å². The van der Waals surface area contributed by atoms with Crippen LogP contribution in [0.1, 0.15) is 22.4 Å². The van der Waals surface area contributed by atoms with E-state index in [-0.39, 0.29) is 11.2 Å². The monoisotopic (exact) mass is 340 g/mol. The van der Waals surface area contributed by atoms with E-state index < -0.39 is 4.92 Å². The van der Waals surface area contributed by atoms with E-state index >= 15 is 0 Å². The maximum Gasteiger partial charge on any atom is 0.282 e. The number of non-ortho nitro benzene ring substituents is 1. The number of rotatable bonds is 3. The number of aryl methyl sites for hydroxylation is 2. The molecule has 4 rings (SSSR count).